The van der Waals surface area contributed by atoms with Crippen LogP contribution in [-0.2, 0) is 0 Å². The van der Waals surface area contributed by atoms with Crippen LogP contribution < -0.4 is 4.74 Å². The van der Waals surface area contributed by atoms with E-state index in [1.807, 2.05) is 38.1 Å². The topological polar surface area (TPSA) is 105 Å². The molecule has 1 N–H and O–H groups in total. The van der Waals surface area contributed by atoms with Crippen LogP contribution in [-0.4, -0.2) is 30.0 Å². The first-order valence-corrected chi connectivity index (χ1v) is 8.04. The van der Waals surface area contributed by atoms with E-state index in [2.05, 4.69) is 31.6 Å². The zero-order chi connectivity index (χ0) is 18.1. The number of pyridine rings is 2. The van der Waals surface area contributed by atoms with Crippen molar-refractivity contribution in [2.24, 2.45) is 0 Å². The van der Waals surface area contributed by atoms with Gasteiger partial charge in [0.25, 0.3) is 0 Å². The third-order valence-electron chi connectivity index (χ3n) is 4.10. The van der Waals surface area contributed by atoms with Crippen molar-refractivity contribution in [1.29, 1.82) is 5.26 Å². The lowest BCUT2D eigenvalue weighted by Crippen LogP contribution is -2.06. The van der Waals surface area contributed by atoms with E-state index in [4.69, 9.17) is 4.74 Å². The van der Waals surface area contributed by atoms with Crippen molar-refractivity contribution < 1.29 is 4.74 Å². The summed E-state index contributed by atoms with van der Waals surface area (Å²) in [4.78, 5) is 4.33. The molecule has 128 valence electrons. The molecule has 4 aromatic heterocycles. The van der Waals surface area contributed by atoms with E-state index in [9.17, 15) is 5.26 Å². The Labute approximate surface area is 149 Å². The fraction of sp³-hybridized carbons (Fsp3) is 0.167. The zero-order valence-corrected chi connectivity index (χ0v) is 14.2. The van der Waals surface area contributed by atoms with Gasteiger partial charge in [-0.1, -0.05) is 6.07 Å². The number of aryl methyl sites for hydroxylation is 1. The second-order valence-electron chi connectivity index (χ2n) is 5.83. The van der Waals surface area contributed by atoms with E-state index in [0.717, 1.165) is 17.0 Å². The molecule has 0 bridgehead atoms. The zero-order valence-electron chi connectivity index (χ0n) is 14.2. The summed E-state index contributed by atoms with van der Waals surface area (Å²) >= 11 is 0. The molecule has 26 heavy (non-hydrogen) atoms. The Bertz CT molecular complexity index is 1110. The van der Waals surface area contributed by atoms with E-state index >= 15 is 0 Å². The van der Waals surface area contributed by atoms with Crippen LogP contribution in [0.4, 0.5) is 0 Å². The molecule has 0 aliphatic carbocycles. The minimum atomic E-state index is -0.296. The number of nitrogens with one attached hydrogen (secondary N) is 1. The number of nitriles is 1. The normalized spacial score (nSPS) is 12.0. The SMILES string of the molecule is Cc1n[nH]nc1-c1cc(O[C@H](C)c2ccccn2)c2c(C#N)cnn2c1. The minimum absolute atomic E-state index is 0.296. The Balaban J connectivity index is 1.84. The fourth-order valence-electron chi connectivity index (χ4n) is 2.81. The van der Waals surface area contributed by atoms with Crippen LogP contribution in [0.3, 0.4) is 0 Å². The monoisotopic (exact) mass is 345 g/mol. The van der Waals surface area contributed by atoms with Crippen molar-refractivity contribution in [3.05, 3.63) is 59.8 Å². The molecule has 0 saturated heterocycles. The number of ether oxygens (including phenoxy) is 1. The Morgan fingerprint density at radius 2 is 2.19 bits per heavy atom. The highest BCUT2D eigenvalue weighted by Crippen LogP contribution is 2.32. The molecule has 0 saturated carbocycles. The number of hydrogen-bond acceptors (Lipinski definition) is 6. The molecule has 0 aliphatic rings. The Hall–Kier alpha value is -3.73. The summed E-state index contributed by atoms with van der Waals surface area (Å²) in [7, 11) is 0. The van der Waals surface area contributed by atoms with Crippen LogP contribution in [0, 0.1) is 18.3 Å². The summed E-state index contributed by atoms with van der Waals surface area (Å²) in [6.07, 6.45) is 4.75. The number of H-pyrrole nitrogens is 1. The molecule has 4 heterocycles. The van der Waals surface area contributed by atoms with Gasteiger partial charge >= 0.3 is 0 Å². The Morgan fingerprint density at radius 1 is 1.31 bits per heavy atom. The van der Waals surface area contributed by atoms with E-state index < -0.39 is 0 Å². The molecule has 4 rings (SSSR count). The predicted octanol–water partition coefficient (Wildman–Crippen LogP) is 2.83. The van der Waals surface area contributed by atoms with Gasteiger partial charge in [0.1, 0.15) is 34.7 Å². The standard InChI is InChI=1S/C18H15N7O/c1-11-17(23-24-22-11)13-7-16(18-14(8-19)9-21-25(18)10-13)26-12(2)15-5-3-4-6-20-15/h3-7,9-10,12H,1-2H3,(H,22,23,24)/t12-/m1/s1. The van der Waals surface area contributed by atoms with Crippen molar-refractivity contribution in [2.75, 3.05) is 0 Å². The van der Waals surface area contributed by atoms with Gasteiger partial charge in [-0.2, -0.15) is 25.8 Å². The maximum absolute atomic E-state index is 9.40. The third-order valence-corrected chi connectivity index (χ3v) is 4.10. The molecule has 0 radical (unpaired) electrons. The molecular weight excluding hydrogens is 330 g/mol. The van der Waals surface area contributed by atoms with Gasteiger partial charge in [-0.3, -0.25) is 4.98 Å². The number of hydrogen-bond donors (Lipinski definition) is 1. The molecule has 0 spiro atoms. The van der Waals surface area contributed by atoms with Gasteiger partial charge < -0.3 is 4.74 Å². The molecule has 4 aromatic rings. The van der Waals surface area contributed by atoms with Crippen LogP contribution >= 0.6 is 0 Å². The van der Waals surface area contributed by atoms with Gasteiger partial charge in [-0.05, 0) is 32.0 Å². The second kappa shape index (κ2) is 6.29. The molecule has 0 aliphatic heterocycles. The average molecular weight is 345 g/mol. The van der Waals surface area contributed by atoms with Crippen molar-refractivity contribution in [2.45, 2.75) is 20.0 Å². The van der Waals surface area contributed by atoms with Gasteiger partial charge in [-0.15, -0.1) is 0 Å². The number of aromatic nitrogens is 6. The summed E-state index contributed by atoms with van der Waals surface area (Å²) in [5, 5.41) is 24.5. The summed E-state index contributed by atoms with van der Waals surface area (Å²) in [6, 6.07) is 9.67. The maximum atomic E-state index is 9.40. The second-order valence-corrected chi connectivity index (χ2v) is 5.83. The van der Waals surface area contributed by atoms with E-state index in [1.165, 1.54) is 6.20 Å². The lowest BCUT2D eigenvalue weighted by Gasteiger charge is -2.16. The molecule has 8 nitrogen and oxygen atoms in total. The van der Waals surface area contributed by atoms with Crippen LogP contribution in [0.1, 0.15) is 30.0 Å². The minimum Gasteiger partial charge on any atom is -0.482 e. The lowest BCUT2D eigenvalue weighted by molar-refractivity contribution is 0.224. The van der Waals surface area contributed by atoms with Crippen LogP contribution in [0.2, 0.25) is 0 Å². The Morgan fingerprint density at radius 3 is 2.88 bits per heavy atom. The van der Waals surface area contributed by atoms with Gasteiger partial charge in [0.15, 0.2) is 0 Å². The molecule has 0 aromatic carbocycles. The molecule has 1 atom stereocenters. The summed E-state index contributed by atoms with van der Waals surface area (Å²) in [5.41, 5.74) is 4.11. The van der Waals surface area contributed by atoms with Crippen molar-refractivity contribution >= 4 is 5.52 Å². The number of nitrogens with zero attached hydrogens (tertiary/aromatic N) is 6. The number of rotatable bonds is 4. The van der Waals surface area contributed by atoms with Crippen LogP contribution in [0.15, 0.2) is 42.9 Å². The van der Waals surface area contributed by atoms with Crippen molar-refractivity contribution in [3.8, 4) is 23.1 Å². The van der Waals surface area contributed by atoms with Crippen LogP contribution in [0.5, 0.6) is 5.75 Å². The Kier molecular flexibility index (Phi) is 3.82. The number of aromatic amines is 1. The van der Waals surface area contributed by atoms with E-state index in [1.54, 1.807) is 16.9 Å². The highest BCUT2D eigenvalue weighted by molar-refractivity contribution is 5.74. The fourth-order valence-corrected chi connectivity index (χ4v) is 2.81. The number of fused-ring (bicyclic) bond motifs is 1. The molecule has 8 heteroatoms. The first kappa shape index (κ1) is 15.8. The molecule has 0 unspecified atom stereocenters. The smallest absolute Gasteiger partial charge is 0.148 e. The summed E-state index contributed by atoms with van der Waals surface area (Å²) < 4.78 is 7.79. The predicted molar refractivity (Wildman–Crippen MR) is 93.3 cm³/mol. The maximum Gasteiger partial charge on any atom is 0.148 e. The quantitative estimate of drug-likeness (QED) is 0.610. The summed E-state index contributed by atoms with van der Waals surface area (Å²) in [5.74, 6) is 0.539. The van der Waals surface area contributed by atoms with Crippen molar-refractivity contribution in [1.82, 2.24) is 30.0 Å². The first-order chi connectivity index (χ1) is 12.7. The molecule has 0 fully saturated rings. The third kappa shape index (κ3) is 2.65. The molecule has 0 amide bonds. The first-order valence-electron chi connectivity index (χ1n) is 8.04. The van der Waals surface area contributed by atoms with Gasteiger partial charge in [0.05, 0.1) is 17.6 Å². The highest BCUT2D eigenvalue weighted by Gasteiger charge is 2.18. The average Bonchev–Trinajstić information content (AvgIpc) is 3.28. The van der Waals surface area contributed by atoms with E-state index in [-0.39, 0.29) is 6.10 Å². The van der Waals surface area contributed by atoms with Crippen LogP contribution in [0.25, 0.3) is 16.8 Å². The molecular formula is C18H15N7O. The van der Waals surface area contributed by atoms with E-state index in [0.29, 0.717) is 22.5 Å². The van der Waals surface area contributed by atoms with Gasteiger partial charge in [0, 0.05) is 18.0 Å². The highest BCUT2D eigenvalue weighted by atomic mass is 16.5. The van der Waals surface area contributed by atoms with Gasteiger partial charge in [-0.25, -0.2) is 4.52 Å². The summed E-state index contributed by atoms with van der Waals surface area (Å²) in [6.45, 7) is 3.78. The largest absolute Gasteiger partial charge is 0.482 e. The lowest BCUT2D eigenvalue weighted by atomic mass is 10.1. The van der Waals surface area contributed by atoms with Crippen molar-refractivity contribution in [3.63, 3.8) is 0 Å². The van der Waals surface area contributed by atoms with Gasteiger partial charge in [0.2, 0.25) is 0 Å².